The molecule has 1 aliphatic heterocycles. The summed E-state index contributed by atoms with van der Waals surface area (Å²) in [6, 6.07) is 7.20. The third kappa shape index (κ3) is 3.33. The number of para-hydroxylation sites is 1. The standard InChI is InChI=1S/C15H23NO3S/c1-15(2,3)9-11-20(18,19)16-10-8-14(17)12-6-4-5-7-13(12)16/h4-7,14,17H,8-11H2,1-3H3. The van der Waals surface area contributed by atoms with E-state index in [1.165, 1.54) is 4.31 Å². The summed E-state index contributed by atoms with van der Waals surface area (Å²) in [5, 5.41) is 9.98. The van der Waals surface area contributed by atoms with Gasteiger partial charge in [0, 0.05) is 12.1 Å². The molecule has 5 heteroatoms. The largest absolute Gasteiger partial charge is 0.388 e. The molecule has 1 heterocycles. The number of fused-ring (bicyclic) bond motifs is 1. The number of nitrogens with zero attached hydrogens (tertiary/aromatic N) is 1. The summed E-state index contributed by atoms with van der Waals surface area (Å²) in [4.78, 5) is 0. The van der Waals surface area contributed by atoms with Gasteiger partial charge in [-0.3, -0.25) is 4.31 Å². The Morgan fingerprint density at radius 1 is 1.30 bits per heavy atom. The van der Waals surface area contributed by atoms with Gasteiger partial charge in [-0.2, -0.15) is 0 Å². The van der Waals surface area contributed by atoms with Crippen molar-refractivity contribution >= 4 is 15.7 Å². The molecule has 0 spiro atoms. The van der Waals surface area contributed by atoms with Crippen LogP contribution in [0.5, 0.6) is 0 Å². The topological polar surface area (TPSA) is 57.6 Å². The Hall–Kier alpha value is -1.07. The van der Waals surface area contributed by atoms with E-state index in [0.29, 0.717) is 30.6 Å². The van der Waals surface area contributed by atoms with Crippen molar-refractivity contribution in [2.24, 2.45) is 5.41 Å². The van der Waals surface area contributed by atoms with Crippen LogP contribution in [0.25, 0.3) is 0 Å². The zero-order chi connectivity index (χ0) is 15.0. The van der Waals surface area contributed by atoms with Crippen LogP contribution >= 0.6 is 0 Å². The van der Waals surface area contributed by atoms with Crippen molar-refractivity contribution < 1.29 is 13.5 Å². The third-order valence-electron chi connectivity index (χ3n) is 3.62. The molecule has 1 aromatic carbocycles. The lowest BCUT2D eigenvalue weighted by molar-refractivity contribution is 0.166. The summed E-state index contributed by atoms with van der Waals surface area (Å²) in [5.74, 6) is 0.140. The molecule has 0 amide bonds. The van der Waals surface area contributed by atoms with Gasteiger partial charge in [0.25, 0.3) is 0 Å². The monoisotopic (exact) mass is 297 g/mol. The number of aliphatic hydroxyl groups is 1. The molecule has 2 rings (SSSR count). The number of anilines is 1. The van der Waals surface area contributed by atoms with Gasteiger partial charge in [-0.1, -0.05) is 39.0 Å². The van der Waals surface area contributed by atoms with E-state index in [0.717, 1.165) is 0 Å². The molecule has 0 aliphatic carbocycles. The van der Waals surface area contributed by atoms with Gasteiger partial charge in [-0.25, -0.2) is 8.42 Å². The summed E-state index contributed by atoms with van der Waals surface area (Å²) in [5.41, 5.74) is 1.32. The van der Waals surface area contributed by atoms with Crippen LogP contribution in [0.1, 0.15) is 45.3 Å². The van der Waals surface area contributed by atoms with E-state index >= 15 is 0 Å². The highest BCUT2D eigenvalue weighted by atomic mass is 32.2. The Labute approximate surface area is 121 Å². The van der Waals surface area contributed by atoms with Crippen LogP contribution in [-0.4, -0.2) is 25.8 Å². The third-order valence-corrected chi connectivity index (χ3v) is 5.39. The van der Waals surface area contributed by atoms with Gasteiger partial charge in [0.1, 0.15) is 0 Å². The van der Waals surface area contributed by atoms with Crippen LogP contribution in [0.3, 0.4) is 0 Å². The van der Waals surface area contributed by atoms with Crippen LogP contribution in [0.15, 0.2) is 24.3 Å². The number of benzene rings is 1. The number of rotatable bonds is 3. The van der Waals surface area contributed by atoms with E-state index in [2.05, 4.69) is 0 Å². The lowest BCUT2D eigenvalue weighted by Gasteiger charge is -2.33. The summed E-state index contributed by atoms with van der Waals surface area (Å²) in [7, 11) is -3.33. The first kappa shape index (κ1) is 15.3. The zero-order valence-electron chi connectivity index (χ0n) is 12.3. The first-order valence-electron chi connectivity index (χ1n) is 6.98. The van der Waals surface area contributed by atoms with E-state index in [9.17, 15) is 13.5 Å². The highest BCUT2D eigenvalue weighted by Crippen LogP contribution is 2.35. The van der Waals surface area contributed by atoms with Gasteiger partial charge in [0.15, 0.2) is 0 Å². The highest BCUT2D eigenvalue weighted by molar-refractivity contribution is 7.92. The van der Waals surface area contributed by atoms with E-state index in [4.69, 9.17) is 0 Å². The molecule has 20 heavy (non-hydrogen) atoms. The van der Waals surface area contributed by atoms with Crippen molar-refractivity contribution in [2.75, 3.05) is 16.6 Å². The van der Waals surface area contributed by atoms with Crippen molar-refractivity contribution in [3.8, 4) is 0 Å². The maximum Gasteiger partial charge on any atom is 0.235 e. The SMILES string of the molecule is CC(C)(C)CCS(=O)(=O)N1CCC(O)c2ccccc21. The van der Waals surface area contributed by atoms with Gasteiger partial charge in [-0.05, 0) is 24.3 Å². The highest BCUT2D eigenvalue weighted by Gasteiger charge is 2.31. The Kier molecular flexibility index (Phi) is 4.12. The molecule has 1 unspecified atom stereocenters. The average molecular weight is 297 g/mol. The number of aliphatic hydroxyl groups excluding tert-OH is 1. The molecule has 0 radical (unpaired) electrons. The minimum absolute atomic E-state index is 0.0120. The number of sulfonamides is 1. The molecular formula is C15H23NO3S. The average Bonchev–Trinajstić information content (AvgIpc) is 2.36. The van der Waals surface area contributed by atoms with Crippen molar-refractivity contribution in [3.05, 3.63) is 29.8 Å². The maximum atomic E-state index is 12.5. The summed E-state index contributed by atoms with van der Waals surface area (Å²) in [6.45, 7) is 6.47. The predicted molar refractivity (Wildman–Crippen MR) is 81.2 cm³/mol. The van der Waals surface area contributed by atoms with Crippen LogP contribution in [-0.2, 0) is 10.0 Å². The van der Waals surface area contributed by atoms with Crippen LogP contribution < -0.4 is 4.31 Å². The molecule has 0 saturated heterocycles. The molecule has 0 aromatic heterocycles. The minimum Gasteiger partial charge on any atom is -0.388 e. The smallest absolute Gasteiger partial charge is 0.235 e. The summed E-state index contributed by atoms with van der Waals surface area (Å²) >= 11 is 0. The van der Waals surface area contributed by atoms with Gasteiger partial charge in [0.2, 0.25) is 10.0 Å². The van der Waals surface area contributed by atoms with Gasteiger partial charge in [-0.15, -0.1) is 0 Å². The van der Waals surface area contributed by atoms with E-state index < -0.39 is 16.1 Å². The molecule has 1 N–H and O–H groups in total. The first-order valence-corrected chi connectivity index (χ1v) is 8.59. The van der Waals surface area contributed by atoms with Crippen molar-refractivity contribution in [2.45, 2.75) is 39.7 Å². The molecule has 4 nitrogen and oxygen atoms in total. The predicted octanol–water partition coefficient (Wildman–Crippen LogP) is 2.70. The fraction of sp³-hybridized carbons (Fsp3) is 0.600. The maximum absolute atomic E-state index is 12.5. The molecule has 1 aromatic rings. The fourth-order valence-corrected chi connectivity index (χ4v) is 4.29. The Morgan fingerprint density at radius 3 is 2.60 bits per heavy atom. The van der Waals surface area contributed by atoms with Gasteiger partial charge >= 0.3 is 0 Å². The van der Waals surface area contributed by atoms with Crippen LogP contribution in [0, 0.1) is 5.41 Å². The summed E-state index contributed by atoms with van der Waals surface area (Å²) < 4.78 is 26.6. The second-order valence-electron chi connectivity index (χ2n) is 6.56. The second-order valence-corrected chi connectivity index (χ2v) is 8.57. The molecule has 1 atom stereocenters. The number of hydrogen-bond acceptors (Lipinski definition) is 3. The van der Waals surface area contributed by atoms with Crippen molar-refractivity contribution in [1.29, 1.82) is 0 Å². The van der Waals surface area contributed by atoms with Crippen LogP contribution in [0.2, 0.25) is 0 Å². The lowest BCUT2D eigenvalue weighted by Crippen LogP contribution is -2.38. The van der Waals surface area contributed by atoms with Crippen molar-refractivity contribution in [1.82, 2.24) is 0 Å². The van der Waals surface area contributed by atoms with Crippen molar-refractivity contribution in [3.63, 3.8) is 0 Å². The van der Waals surface area contributed by atoms with E-state index in [-0.39, 0.29) is 11.2 Å². The minimum atomic E-state index is -3.33. The molecular weight excluding hydrogens is 274 g/mol. The molecule has 112 valence electrons. The van der Waals surface area contributed by atoms with E-state index in [1.807, 2.05) is 32.9 Å². The van der Waals surface area contributed by atoms with E-state index in [1.54, 1.807) is 12.1 Å². The molecule has 1 aliphatic rings. The fourth-order valence-electron chi connectivity index (χ4n) is 2.35. The van der Waals surface area contributed by atoms with Crippen LogP contribution in [0.4, 0.5) is 5.69 Å². The molecule has 0 bridgehead atoms. The summed E-state index contributed by atoms with van der Waals surface area (Å²) in [6.07, 6.45) is 0.503. The number of hydrogen-bond donors (Lipinski definition) is 1. The quantitative estimate of drug-likeness (QED) is 0.933. The van der Waals surface area contributed by atoms with Gasteiger partial charge in [0.05, 0.1) is 17.5 Å². The Bertz CT molecular complexity index is 575. The lowest BCUT2D eigenvalue weighted by atomic mass is 9.94. The molecule has 0 saturated carbocycles. The first-order chi connectivity index (χ1) is 9.21. The zero-order valence-corrected chi connectivity index (χ0v) is 13.2. The van der Waals surface area contributed by atoms with Gasteiger partial charge < -0.3 is 5.11 Å². The Balaban J connectivity index is 2.28. The molecule has 0 fully saturated rings. The second kappa shape index (κ2) is 5.37. The normalized spacial score (nSPS) is 19.8. The Morgan fingerprint density at radius 2 is 1.95 bits per heavy atom.